The van der Waals surface area contributed by atoms with Crippen LogP contribution in [0.5, 0.6) is 11.5 Å². The molecule has 4 nitrogen and oxygen atoms in total. The molecule has 0 aliphatic carbocycles. The van der Waals surface area contributed by atoms with Gasteiger partial charge in [-0.2, -0.15) is 0 Å². The highest BCUT2D eigenvalue weighted by molar-refractivity contribution is 7.80. The van der Waals surface area contributed by atoms with Crippen molar-refractivity contribution >= 4 is 23.0 Å². The van der Waals surface area contributed by atoms with Gasteiger partial charge in [-0.05, 0) is 24.4 Å². The number of hydrogen-bond acceptors (Lipinski definition) is 3. The molecule has 0 bridgehead atoms. The standard InChI is InChI=1S/C10H14N2O2S/c1-11-10(15)12-8-5-4-7(13-2)6-9(8)14-3/h4-6H,1-3H3,(H2,11,12,15). The summed E-state index contributed by atoms with van der Waals surface area (Å²) in [4.78, 5) is 0. The number of ether oxygens (including phenoxy) is 2. The molecule has 1 aromatic rings. The first kappa shape index (κ1) is 11.6. The SMILES string of the molecule is CNC(=S)Nc1ccc(OC)cc1OC. The topological polar surface area (TPSA) is 42.5 Å². The van der Waals surface area contributed by atoms with Crippen LogP contribution in [0, 0.1) is 0 Å². The zero-order valence-corrected chi connectivity index (χ0v) is 9.77. The van der Waals surface area contributed by atoms with Crippen LogP contribution < -0.4 is 20.1 Å². The molecular formula is C10H14N2O2S. The molecule has 0 aliphatic heterocycles. The van der Waals surface area contributed by atoms with Crippen LogP contribution in [0.2, 0.25) is 0 Å². The average molecular weight is 226 g/mol. The van der Waals surface area contributed by atoms with Crippen LogP contribution in [0.15, 0.2) is 18.2 Å². The van der Waals surface area contributed by atoms with E-state index < -0.39 is 0 Å². The molecular weight excluding hydrogens is 212 g/mol. The third kappa shape index (κ3) is 2.99. The van der Waals surface area contributed by atoms with E-state index in [0.29, 0.717) is 10.9 Å². The Morgan fingerprint density at radius 1 is 1.27 bits per heavy atom. The molecule has 0 radical (unpaired) electrons. The molecule has 0 amide bonds. The number of nitrogens with one attached hydrogen (secondary N) is 2. The predicted molar refractivity (Wildman–Crippen MR) is 64.8 cm³/mol. The molecule has 0 aromatic heterocycles. The number of benzene rings is 1. The van der Waals surface area contributed by atoms with Crippen LogP contribution in [0.3, 0.4) is 0 Å². The highest BCUT2D eigenvalue weighted by atomic mass is 32.1. The second kappa shape index (κ2) is 5.41. The molecule has 15 heavy (non-hydrogen) atoms. The minimum Gasteiger partial charge on any atom is -0.497 e. The molecule has 0 aliphatic rings. The van der Waals surface area contributed by atoms with Crippen molar-refractivity contribution in [1.82, 2.24) is 5.32 Å². The van der Waals surface area contributed by atoms with Gasteiger partial charge >= 0.3 is 0 Å². The van der Waals surface area contributed by atoms with E-state index >= 15 is 0 Å². The largest absolute Gasteiger partial charge is 0.497 e. The first-order valence-corrected chi connectivity index (χ1v) is 4.83. The van der Waals surface area contributed by atoms with E-state index in [0.717, 1.165) is 11.4 Å². The maximum absolute atomic E-state index is 5.20. The number of thiocarbonyl (C=S) groups is 1. The molecule has 0 atom stereocenters. The molecule has 0 heterocycles. The number of anilines is 1. The van der Waals surface area contributed by atoms with Gasteiger partial charge in [0.05, 0.1) is 19.9 Å². The van der Waals surface area contributed by atoms with Gasteiger partial charge in [-0.1, -0.05) is 0 Å². The third-order valence-corrected chi connectivity index (χ3v) is 2.19. The highest BCUT2D eigenvalue weighted by Crippen LogP contribution is 2.28. The van der Waals surface area contributed by atoms with E-state index in [1.165, 1.54) is 0 Å². The summed E-state index contributed by atoms with van der Waals surface area (Å²) in [5.74, 6) is 1.43. The fourth-order valence-electron chi connectivity index (χ4n) is 1.09. The van der Waals surface area contributed by atoms with Gasteiger partial charge in [-0.3, -0.25) is 0 Å². The lowest BCUT2D eigenvalue weighted by molar-refractivity contribution is 0.395. The summed E-state index contributed by atoms with van der Waals surface area (Å²) >= 11 is 5.00. The maximum Gasteiger partial charge on any atom is 0.170 e. The lowest BCUT2D eigenvalue weighted by Gasteiger charge is -2.12. The quantitative estimate of drug-likeness (QED) is 0.767. The summed E-state index contributed by atoms with van der Waals surface area (Å²) in [7, 11) is 4.97. The minimum atomic E-state index is 0.540. The van der Waals surface area contributed by atoms with Gasteiger partial charge in [0.2, 0.25) is 0 Å². The molecule has 0 spiro atoms. The van der Waals surface area contributed by atoms with Crippen molar-refractivity contribution in [1.29, 1.82) is 0 Å². The summed E-state index contributed by atoms with van der Waals surface area (Å²) in [5.41, 5.74) is 0.803. The molecule has 0 unspecified atom stereocenters. The van der Waals surface area contributed by atoms with E-state index in [1.807, 2.05) is 12.1 Å². The lowest BCUT2D eigenvalue weighted by atomic mass is 10.2. The summed E-state index contributed by atoms with van der Waals surface area (Å²) in [6, 6.07) is 5.48. The van der Waals surface area contributed by atoms with Gasteiger partial charge in [0.15, 0.2) is 5.11 Å². The van der Waals surface area contributed by atoms with Gasteiger partial charge < -0.3 is 20.1 Å². The van der Waals surface area contributed by atoms with Crippen LogP contribution in [-0.4, -0.2) is 26.4 Å². The van der Waals surface area contributed by atoms with Crippen LogP contribution in [0.4, 0.5) is 5.69 Å². The number of methoxy groups -OCH3 is 2. The van der Waals surface area contributed by atoms with Gasteiger partial charge in [0.1, 0.15) is 11.5 Å². The van der Waals surface area contributed by atoms with Gasteiger partial charge in [-0.25, -0.2) is 0 Å². The fraction of sp³-hybridized carbons (Fsp3) is 0.300. The first-order chi connectivity index (χ1) is 7.21. The zero-order valence-electron chi connectivity index (χ0n) is 8.96. The van der Waals surface area contributed by atoms with Crippen molar-refractivity contribution in [2.45, 2.75) is 0 Å². The molecule has 1 rings (SSSR count). The monoisotopic (exact) mass is 226 g/mol. The molecule has 5 heteroatoms. The summed E-state index contributed by atoms with van der Waals surface area (Å²) in [6.45, 7) is 0. The Hall–Kier alpha value is -1.49. The Labute approximate surface area is 94.6 Å². The van der Waals surface area contributed by atoms with Crippen LogP contribution in [0.1, 0.15) is 0 Å². The van der Waals surface area contributed by atoms with E-state index in [4.69, 9.17) is 21.7 Å². The fourth-order valence-corrected chi connectivity index (χ4v) is 1.20. The van der Waals surface area contributed by atoms with Crippen LogP contribution in [0.25, 0.3) is 0 Å². The van der Waals surface area contributed by atoms with E-state index in [9.17, 15) is 0 Å². The van der Waals surface area contributed by atoms with Crippen LogP contribution >= 0.6 is 12.2 Å². The average Bonchev–Trinajstić information content (AvgIpc) is 2.29. The maximum atomic E-state index is 5.20. The van der Waals surface area contributed by atoms with Crippen LogP contribution in [-0.2, 0) is 0 Å². The minimum absolute atomic E-state index is 0.540. The summed E-state index contributed by atoms with van der Waals surface area (Å²) < 4.78 is 10.3. The van der Waals surface area contributed by atoms with Crippen molar-refractivity contribution < 1.29 is 9.47 Å². The summed E-state index contributed by atoms with van der Waals surface area (Å²) in [6.07, 6.45) is 0. The number of hydrogen-bond donors (Lipinski definition) is 2. The van der Waals surface area contributed by atoms with E-state index in [1.54, 1.807) is 27.3 Å². The highest BCUT2D eigenvalue weighted by Gasteiger charge is 2.05. The van der Waals surface area contributed by atoms with E-state index in [2.05, 4.69) is 10.6 Å². The Morgan fingerprint density at radius 3 is 2.53 bits per heavy atom. The van der Waals surface area contributed by atoms with Crippen molar-refractivity contribution in [2.75, 3.05) is 26.6 Å². The Morgan fingerprint density at radius 2 is 2.00 bits per heavy atom. The zero-order chi connectivity index (χ0) is 11.3. The lowest BCUT2D eigenvalue weighted by Crippen LogP contribution is -2.24. The van der Waals surface area contributed by atoms with Crippen molar-refractivity contribution in [3.8, 4) is 11.5 Å². The Balaban J connectivity index is 2.92. The van der Waals surface area contributed by atoms with Crippen molar-refractivity contribution in [3.63, 3.8) is 0 Å². The second-order valence-electron chi connectivity index (χ2n) is 2.77. The van der Waals surface area contributed by atoms with Gasteiger partial charge in [0.25, 0.3) is 0 Å². The van der Waals surface area contributed by atoms with Crippen molar-refractivity contribution in [3.05, 3.63) is 18.2 Å². The Bertz CT molecular complexity index is 355. The number of rotatable bonds is 3. The molecule has 0 saturated heterocycles. The Kier molecular flexibility index (Phi) is 4.17. The predicted octanol–water partition coefficient (Wildman–Crippen LogP) is 1.62. The van der Waals surface area contributed by atoms with E-state index in [-0.39, 0.29) is 0 Å². The smallest absolute Gasteiger partial charge is 0.170 e. The molecule has 1 aromatic carbocycles. The second-order valence-corrected chi connectivity index (χ2v) is 3.18. The molecule has 0 fully saturated rings. The summed E-state index contributed by atoms with van der Waals surface area (Å²) in [5, 5.41) is 6.37. The molecule has 0 saturated carbocycles. The third-order valence-electron chi connectivity index (χ3n) is 1.88. The first-order valence-electron chi connectivity index (χ1n) is 4.42. The van der Waals surface area contributed by atoms with Gasteiger partial charge in [0, 0.05) is 13.1 Å². The van der Waals surface area contributed by atoms with Gasteiger partial charge in [-0.15, -0.1) is 0 Å². The molecule has 82 valence electrons. The molecule has 2 N–H and O–H groups in total. The van der Waals surface area contributed by atoms with Crippen molar-refractivity contribution in [2.24, 2.45) is 0 Å². The normalized spacial score (nSPS) is 9.27.